The Bertz CT molecular complexity index is 679. The van der Waals surface area contributed by atoms with Gasteiger partial charge in [0.1, 0.15) is 0 Å². The second kappa shape index (κ2) is 5.36. The van der Waals surface area contributed by atoms with Gasteiger partial charge in [-0.3, -0.25) is 10.1 Å². The van der Waals surface area contributed by atoms with Crippen molar-refractivity contribution in [1.82, 2.24) is 10.0 Å². The average Bonchev–Trinajstić information content (AvgIpc) is 2.77. The van der Waals surface area contributed by atoms with Crippen molar-refractivity contribution in [1.29, 1.82) is 0 Å². The molecule has 1 aliphatic heterocycles. The van der Waals surface area contributed by atoms with Crippen molar-refractivity contribution in [3.05, 3.63) is 33.4 Å². The molecule has 1 aromatic rings. The van der Waals surface area contributed by atoms with Gasteiger partial charge in [0.2, 0.25) is 10.0 Å². The van der Waals surface area contributed by atoms with E-state index in [0.717, 1.165) is 12.6 Å². The predicted molar refractivity (Wildman–Crippen MR) is 78.8 cm³/mol. The summed E-state index contributed by atoms with van der Waals surface area (Å²) >= 11 is 0. The molecule has 116 valence electrons. The second-order valence-corrected chi connectivity index (χ2v) is 7.42. The number of nitrogens with zero attached hydrogens (tertiary/aromatic N) is 1. The van der Waals surface area contributed by atoms with Gasteiger partial charge in [-0.15, -0.1) is 0 Å². The quantitative estimate of drug-likeness (QED) is 0.643. The van der Waals surface area contributed by atoms with E-state index in [1.54, 1.807) is 13.8 Å². The molecule has 7 nitrogen and oxygen atoms in total. The first-order chi connectivity index (χ1) is 9.65. The van der Waals surface area contributed by atoms with Crippen LogP contribution in [0, 0.1) is 24.0 Å². The smallest absolute Gasteiger partial charge is 0.273 e. The van der Waals surface area contributed by atoms with Gasteiger partial charge in [-0.2, -0.15) is 0 Å². The summed E-state index contributed by atoms with van der Waals surface area (Å²) in [5.74, 6) is 0. The van der Waals surface area contributed by atoms with Gasteiger partial charge in [-0.1, -0.05) is 0 Å². The minimum absolute atomic E-state index is 0.0644. The Morgan fingerprint density at radius 3 is 2.57 bits per heavy atom. The lowest BCUT2D eigenvalue weighted by molar-refractivity contribution is -0.385. The summed E-state index contributed by atoms with van der Waals surface area (Å²) in [4.78, 5) is 10.4. The largest absolute Gasteiger partial charge is 0.315 e. The maximum absolute atomic E-state index is 12.5. The van der Waals surface area contributed by atoms with Crippen LogP contribution in [0.1, 0.15) is 24.5 Å². The van der Waals surface area contributed by atoms with Gasteiger partial charge in [-0.05, 0) is 45.4 Å². The minimum Gasteiger partial charge on any atom is -0.315 e. The molecule has 2 rings (SSSR count). The van der Waals surface area contributed by atoms with Crippen LogP contribution >= 0.6 is 0 Å². The zero-order valence-corrected chi connectivity index (χ0v) is 13.1. The van der Waals surface area contributed by atoms with Crippen LogP contribution in [-0.2, 0) is 10.0 Å². The maximum atomic E-state index is 12.5. The Kier molecular flexibility index (Phi) is 4.05. The lowest BCUT2D eigenvalue weighted by Gasteiger charge is -2.24. The Labute approximate surface area is 123 Å². The fourth-order valence-electron chi connectivity index (χ4n) is 2.44. The zero-order valence-electron chi connectivity index (χ0n) is 12.3. The van der Waals surface area contributed by atoms with E-state index in [4.69, 9.17) is 0 Å². The van der Waals surface area contributed by atoms with E-state index in [9.17, 15) is 18.5 Å². The molecule has 0 aliphatic carbocycles. The Balaban J connectivity index is 2.43. The molecule has 1 heterocycles. The maximum Gasteiger partial charge on any atom is 0.273 e. The summed E-state index contributed by atoms with van der Waals surface area (Å²) in [5.41, 5.74) is 0.323. The number of sulfonamides is 1. The highest BCUT2D eigenvalue weighted by Crippen LogP contribution is 2.27. The SMILES string of the molecule is Cc1cc(S(=O)(=O)NC2(C)CCNC2)cc([N+](=O)[O-])c1C. The standard InChI is InChI=1S/C13H19N3O4S/c1-9-6-11(7-12(10(9)2)16(17)18)21(19,20)15-13(3)4-5-14-8-13/h6-7,14-15H,4-5,8H2,1-3H3. The number of rotatable bonds is 4. The van der Waals surface area contributed by atoms with Crippen LogP contribution in [0.25, 0.3) is 0 Å². The van der Waals surface area contributed by atoms with Crippen molar-refractivity contribution in [3.63, 3.8) is 0 Å². The van der Waals surface area contributed by atoms with Gasteiger partial charge < -0.3 is 5.32 Å². The summed E-state index contributed by atoms with van der Waals surface area (Å²) in [7, 11) is -3.79. The molecule has 8 heteroatoms. The molecule has 0 radical (unpaired) electrons. The monoisotopic (exact) mass is 313 g/mol. The summed E-state index contributed by atoms with van der Waals surface area (Å²) < 4.78 is 27.6. The fraction of sp³-hybridized carbons (Fsp3) is 0.538. The molecule has 0 aromatic heterocycles. The first kappa shape index (κ1) is 15.9. The molecule has 0 bridgehead atoms. The molecule has 1 unspecified atom stereocenters. The molecular formula is C13H19N3O4S. The van der Waals surface area contributed by atoms with Gasteiger partial charge in [0.15, 0.2) is 0 Å². The number of nitro groups is 1. The highest BCUT2D eigenvalue weighted by atomic mass is 32.2. The molecular weight excluding hydrogens is 294 g/mol. The number of benzene rings is 1. The lowest BCUT2D eigenvalue weighted by atomic mass is 10.0. The van der Waals surface area contributed by atoms with E-state index in [1.807, 2.05) is 6.92 Å². The number of hydrogen-bond acceptors (Lipinski definition) is 5. The summed E-state index contributed by atoms with van der Waals surface area (Å²) in [6, 6.07) is 2.59. The van der Waals surface area contributed by atoms with E-state index in [1.165, 1.54) is 6.07 Å². The van der Waals surface area contributed by atoms with Crippen molar-refractivity contribution in [2.45, 2.75) is 37.6 Å². The summed E-state index contributed by atoms with van der Waals surface area (Å²) in [5, 5.41) is 14.1. The molecule has 0 amide bonds. The number of nitrogens with one attached hydrogen (secondary N) is 2. The third-order valence-electron chi connectivity index (χ3n) is 3.87. The topological polar surface area (TPSA) is 101 Å². The third kappa shape index (κ3) is 3.22. The first-order valence-corrected chi connectivity index (χ1v) is 8.13. The molecule has 21 heavy (non-hydrogen) atoms. The lowest BCUT2D eigenvalue weighted by Crippen LogP contribution is -2.47. The van der Waals surface area contributed by atoms with Crippen molar-refractivity contribution in [3.8, 4) is 0 Å². The zero-order chi connectivity index (χ0) is 15.8. The van der Waals surface area contributed by atoms with Crippen LogP contribution in [0.2, 0.25) is 0 Å². The Morgan fingerprint density at radius 2 is 2.05 bits per heavy atom. The number of aryl methyl sites for hydroxylation is 1. The van der Waals surface area contributed by atoms with Crippen LogP contribution in [0.15, 0.2) is 17.0 Å². The van der Waals surface area contributed by atoms with Crippen LogP contribution in [0.4, 0.5) is 5.69 Å². The van der Waals surface area contributed by atoms with Gasteiger partial charge in [-0.25, -0.2) is 13.1 Å². The van der Waals surface area contributed by atoms with Crippen LogP contribution in [0.5, 0.6) is 0 Å². The van der Waals surface area contributed by atoms with Crippen LogP contribution in [0.3, 0.4) is 0 Å². The van der Waals surface area contributed by atoms with Crippen LogP contribution in [-0.4, -0.2) is 32.0 Å². The Morgan fingerprint density at radius 1 is 1.38 bits per heavy atom. The second-order valence-electron chi connectivity index (χ2n) is 5.73. The summed E-state index contributed by atoms with van der Waals surface area (Å²) in [6.07, 6.45) is 0.680. The molecule has 1 aliphatic rings. The third-order valence-corrected chi connectivity index (χ3v) is 5.49. The molecule has 1 atom stereocenters. The van der Waals surface area contributed by atoms with E-state index in [0.29, 0.717) is 24.1 Å². The van der Waals surface area contributed by atoms with Gasteiger partial charge in [0.05, 0.1) is 9.82 Å². The molecule has 1 aromatic carbocycles. The molecule has 1 fully saturated rings. The fourth-order valence-corrected chi connectivity index (χ4v) is 3.98. The molecule has 1 saturated heterocycles. The first-order valence-electron chi connectivity index (χ1n) is 6.65. The predicted octanol–water partition coefficient (Wildman–Crippen LogP) is 1.24. The van der Waals surface area contributed by atoms with E-state index in [-0.39, 0.29) is 10.6 Å². The van der Waals surface area contributed by atoms with Gasteiger partial charge in [0.25, 0.3) is 5.69 Å². The average molecular weight is 313 g/mol. The van der Waals surface area contributed by atoms with Crippen molar-refractivity contribution in [2.24, 2.45) is 0 Å². The summed E-state index contributed by atoms with van der Waals surface area (Å²) in [6.45, 7) is 6.38. The molecule has 2 N–H and O–H groups in total. The number of nitro benzene ring substituents is 1. The Hall–Kier alpha value is -1.51. The highest BCUT2D eigenvalue weighted by Gasteiger charge is 2.34. The van der Waals surface area contributed by atoms with Crippen LogP contribution < -0.4 is 10.0 Å². The van der Waals surface area contributed by atoms with E-state index in [2.05, 4.69) is 10.0 Å². The minimum atomic E-state index is -3.79. The van der Waals surface area contributed by atoms with Crippen molar-refractivity contribution >= 4 is 15.7 Å². The van der Waals surface area contributed by atoms with E-state index < -0.39 is 20.5 Å². The highest BCUT2D eigenvalue weighted by molar-refractivity contribution is 7.89. The van der Waals surface area contributed by atoms with Gasteiger partial charge in [0, 0.05) is 23.7 Å². The van der Waals surface area contributed by atoms with Crippen molar-refractivity contribution < 1.29 is 13.3 Å². The van der Waals surface area contributed by atoms with Gasteiger partial charge >= 0.3 is 0 Å². The molecule has 0 saturated carbocycles. The van der Waals surface area contributed by atoms with E-state index >= 15 is 0 Å². The molecule has 0 spiro atoms. The number of hydrogen-bond donors (Lipinski definition) is 2. The van der Waals surface area contributed by atoms with Crippen molar-refractivity contribution in [2.75, 3.05) is 13.1 Å². The normalized spacial score (nSPS) is 22.4.